The van der Waals surface area contributed by atoms with Gasteiger partial charge in [0.05, 0.1) is 6.61 Å². The molecule has 0 spiro atoms. The summed E-state index contributed by atoms with van der Waals surface area (Å²) in [4.78, 5) is 22.3. The molecule has 5 heteroatoms. The minimum absolute atomic E-state index is 0.0629. The summed E-state index contributed by atoms with van der Waals surface area (Å²) in [6.45, 7) is 2.99. The van der Waals surface area contributed by atoms with Crippen molar-refractivity contribution in [3.8, 4) is 5.75 Å². The normalized spacial score (nSPS) is 10.3. The zero-order valence-electron chi connectivity index (χ0n) is 10.6. The molecule has 18 heavy (non-hydrogen) atoms. The lowest BCUT2D eigenvalue weighted by Gasteiger charge is -2.08. The number of hydrogen-bond donors (Lipinski definition) is 1. The van der Waals surface area contributed by atoms with E-state index in [2.05, 4.69) is 6.92 Å². The largest absolute Gasteiger partial charge is 0.488 e. The van der Waals surface area contributed by atoms with Crippen molar-refractivity contribution in [2.45, 2.75) is 39.2 Å². The molecule has 1 N–H and O–H groups in total. The maximum Gasteiger partial charge on any atom is 0.303 e. The highest BCUT2D eigenvalue weighted by Gasteiger charge is 2.04. The first-order valence-electron chi connectivity index (χ1n) is 6.19. The Balaban J connectivity index is 2.60. The monoisotopic (exact) mass is 253 g/mol. The summed E-state index contributed by atoms with van der Waals surface area (Å²) in [5, 5.41) is 8.55. The molecule has 0 saturated heterocycles. The second kappa shape index (κ2) is 7.53. The summed E-state index contributed by atoms with van der Waals surface area (Å²) >= 11 is 0. The number of rotatable bonds is 8. The maximum absolute atomic E-state index is 11.9. The van der Waals surface area contributed by atoms with Gasteiger partial charge >= 0.3 is 5.97 Å². The Bertz CT molecular complexity index is 439. The number of aryl methyl sites for hydroxylation is 1. The highest BCUT2D eigenvalue weighted by Crippen LogP contribution is 2.04. The lowest BCUT2D eigenvalue weighted by Crippen LogP contribution is -2.22. The third-order valence-corrected chi connectivity index (χ3v) is 2.53. The first kappa shape index (κ1) is 14.3. The van der Waals surface area contributed by atoms with Crippen molar-refractivity contribution in [2.24, 2.45) is 0 Å². The molecule has 1 aromatic heterocycles. The molecule has 0 radical (unpaired) electrons. The summed E-state index contributed by atoms with van der Waals surface area (Å²) < 4.78 is 6.89. The van der Waals surface area contributed by atoms with E-state index in [0.717, 1.165) is 12.8 Å². The SMILES string of the molecule is CCCCOc1cccn(CCCC(=O)O)c1=O. The smallest absolute Gasteiger partial charge is 0.303 e. The van der Waals surface area contributed by atoms with Gasteiger partial charge in [0.2, 0.25) is 0 Å². The lowest BCUT2D eigenvalue weighted by atomic mass is 10.3. The van der Waals surface area contributed by atoms with E-state index in [1.54, 1.807) is 18.3 Å². The summed E-state index contributed by atoms with van der Waals surface area (Å²) in [7, 11) is 0. The molecular formula is C13H19NO4. The van der Waals surface area contributed by atoms with Crippen LogP contribution in [0.3, 0.4) is 0 Å². The zero-order chi connectivity index (χ0) is 13.4. The molecular weight excluding hydrogens is 234 g/mol. The van der Waals surface area contributed by atoms with Gasteiger partial charge in [-0.25, -0.2) is 0 Å². The molecule has 1 rings (SSSR count). The van der Waals surface area contributed by atoms with Gasteiger partial charge in [0.1, 0.15) is 0 Å². The van der Waals surface area contributed by atoms with Gasteiger partial charge in [0.15, 0.2) is 5.75 Å². The van der Waals surface area contributed by atoms with E-state index in [4.69, 9.17) is 9.84 Å². The molecule has 5 nitrogen and oxygen atoms in total. The molecule has 1 aromatic rings. The van der Waals surface area contributed by atoms with Crippen LogP contribution in [0.25, 0.3) is 0 Å². The molecule has 0 fully saturated rings. The Kier molecular flexibility index (Phi) is 5.97. The third-order valence-electron chi connectivity index (χ3n) is 2.53. The van der Waals surface area contributed by atoms with Gasteiger partial charge in [0.25, 0.3) is 5.56 Å². The molecule has 0 saturated carbocycles. The average molecular weight is 253 g/mol. The Labute approximate surface area is 106 Å². The summed E-state index contributed by atoms with van der Waals surface area (Å²) in [5.41, 5.74) is -0.195. The number of aromatic nitrogens is 1. The quantitative estimate of drug-likeness (QED) is 0.718. The molecule has 0 aliphatic heterocycles. The third kappa shape index (κ3) is 4.61. The second-order valence-corrected chi connectivity index (χ2v) is 4.07. The Morgan fingerprint density at radius 2 is 2.22 bits per heavy atom. The highest BCUT2D eigenvalue weighted by molar-refractivity contribution is 5.66. The van der Waals surface area contributed by atoms with Crippen molar-refractivity contribution < 1.29 is 14.6 Å². The van der Waals surface area contributed by atoms with E-state index >= 15 is 0 Å². The highest BCUT2D eigenvalue weighted by atomic mass is 16.5. The summed E-state index contributed by atoms with van der Waals surface area (Å²) in [6, 6.07) is 3.38. The Hall–Kier alpha value is -1.78. The zero-order valence-corrected chi connectivity index (χ0v) is 10.6. The fraction of sp³-hybridized carbons (Fsp3) is 0.538. The van der Waals surface area contributed by atoms with Crippen molar-refractivity contribution in [3.63, 3.8) is 0 Å². The molecule has 100 valence electrons. The standard InChI is InChI=1S/C13H19NO4/c1-2-3-10-18-11-6-4-8-14(13(11)17)9-5-7-12(15)16/h4,6,8H,2-3,5,7,9-10H2,1H3,(H,15,16). The first-order valence-corrected chi connectivity index (χ1v) is 6.19. The van der Waals surface area contributed by atoms with E-state index in [1.807, 2.05) is 0 Å². The lowest BCUT2D eigenvalue weighted by molar-refractivity contribution is -0.137. The molecule has 0 amide bonds. The number of hydrogen-bond acceptors (Lipinski definition) is 3. The van der Waals surface area contributed by atoms with Gasteiger partial charge in [-0.2, -0.15) is 0 Å². The molecule has 1 heterocycles. The minimum Gasteiger partial charge on any atom is -0.488 e. The van der Waals surface area contributed by atoms with Crippen molar-refractivity contribution in [2.75, 3.05) is 6.61 Å². The van der Waals surface area contributed by atoms with Gasteiger partial charge in [-0.1, -0.05) is 13.3 Å². The molecule has 0 atom stereocenters. The molecule has 0 aliphatic carbocycles. The van der Waals surface area contributed by atoms with Crippen LogP contribution in [0, 0.1) is 0 Å². The Morgan fingerprint density at radius 3 is 2.89 bits per heavy atom. The van der Waals surface area contributed by atoms with Gasteiger partial charge in [-0.05, 0) is 25.0 Å². The van der Waals surface area contributed by atoms with E-state index in [1.165, 1.54) is 4.57 Å². The number of aliphatic carboxylic acids is 1. The molecule has 0 aromatic carbocycles. The Morgan fingerprint density at radius 1 is 1.44 bits per heavy atom. The predicted molar refractivity (Wildman–Crippen MR) is 68.0 cm³/mol. The van der Waals surface area contributed by atoms with Crippen LogP contribution < -0.4 is 10.3 Å². The van der Waals surface area contributed by atoms with Crippen LogP contribution >= 0.6 is 0 Å². The van der Waals surface area contributed by atoms with Gasteiger partial charge in [-0.15, -0.1) is 0 Å². The molecule has 0 bridgehead atoms. The molecule has 0 aliphatic rings. The van der Waals surface area contributed by atoms with E-state index in [9.17, 15) is 9.59 Å². The van der Waals surface area contributed by atoms with Crippen LogP contribution in [-0.2, 0) is 11.3 Å². The van der Waals surface area contributed by atoms with Crippen molar-refractivity contribution >= 4 is 5.97 Å². The number of unbranched alkanes of at least 4 members (excludes halogenated alkanes) is 1. The summed E-state index contributed by atoms with van der Waals surface area (Å²) in [5.74, 6) is -0.514. The maximum atomic E-state index is 11.9. The van der Waals surface area contributed by atoms with Crippen LogP contribution in [0.4, 0.5) is 0 Å². The minimum atomic E-state index is -0.849. The van der Waals surface area contributed by atoms with Crippen LogP contribution in [0.2, 0.25) is 0 Å². The van der Waals surface area contributed by atoms with Gasteiger partial charge in [-0.3, -0.25) is 9.59 Å². The number of carbonyl (C=O) groups is 1. The van der Waals surface area contributed by atoms with Crippen molar-refractivity contribution in [1.29, 1.82) is 0 Å². The number of carboxylic acid groups (broad SMARTS) is 1. The van der Waals surface area contributed by atoms with Crippen LogP contribution in [0.5, 0.6) is 5.75 Å². The fourth-order valence-corrected chi connectivity index (χ4v) is 1.53. The molecule has 0 unspecified atom stereocenters. The second-order valence-electron chi connectivity index (χ2n) is 4.07. The summed E-state index contributed by atoms with van der Waals surface area (Å²) in [6.07, 6.45) is 4.07. The van der Waals surface area contributed by atoms with E-state index in [-0.39, 0.29) is 12.0 Å². The first-order chi connectivity index (χ1) is 8.65. The number of pyridine rings is 1. The van der Waals surface area contributed by atoms with Crippen LogP contribution in [0.1, 0.15) is 32.6 Å². The van der Waals surface area contributed by atoms with E-state index in [0.29, 0.717) is 25.3 Å². The van der Waals surface area contributed by atoms with Gasteiger partial charge in [0, 0.05) is 19.2 Å². The van der Waals surface area contributed by atoms with Crippen molar-refractivity contribution in [3.05, 3.63) is 28.7 Å². The van der Waals surface area contributed by atoms with E-state index < -0.39 is 5.97 Å². The number of carboxylic acids is 1. The van der Waals surface area contributed by atoms with Crippen LogP contribution in [-0.4, -0.2) is 22.2 Å². The predicted octanol–water partition coefficient (Wildman–Crippen LogP) is 1.89. The fourth-order valence-electron chi connectivity index (χ4n) is 1.53. The van der Waals surface area contributed by atoms with Crippen molar-refractivity contribution in [1.82, 2.24) is 4.57 Å². The topological polar surface area (TPSA) is 68.5 Å². The number of ether oxygens (including phenoxy) is 1. The average Bonchev–Trinajstić information content (AvgIpc) is 2.33. The van der Waals surface area contributed by atoms with Gasteiger partial charge < -0.3 is 14.4 Å². The van der Waals surface area contributed by atoms with Crippen LogP contribution in [0.15, 0.2) is 23.1 Å². The number of nitrogens with zero attached hydrogens (tertiary/aromatic N) is 1.